The molecule has 0 bridgehead atoms. The van der Waals surface area contributed by atoms with Crippen molar-refractivity contribution < 1.29 is 9.18 Å². The van der Waals surface area contributed by atoms with Gasteiger partial charge in [0.25, 0.3) is 5.91 Å². The van der Waals surface area contributed by atoms with Crippen LogP contribution in [-0.2, 0) is 12.2 Å². The lowest BCUT2D eigenvalue weighted by Gasteiger charge is -2.10. The molecule has 0 aliphatic heterocycles. The van der Waals surface area contributed by atoms with Gasteiger partial charge < -0.3 is 5.32 Å². The maximum absolute atomic E-state index is 12.9. The van der Waals surface area contributed by atoms with E-state index in [4.69, 9.17) is 5.26 Å². The van der Waals surface area contributed by atoms with Crippen molar-refractivity contribution in [1.82, 2.24) is 5.32 Å². The smallest absolute Gasteiger partial charge is 0.252 e. The lowest BCUT2D eigenvalue weighted by atomic mass is 10.1. The molecule has 28 heavy (non-hydrogen) atoms. The van der Waals surface area contributed by atoms with Crippen LogP contribution < -0.4 is 5.32 Å². The maximum atomic E-state index is 12.9. The van der Waals surface area contributed by atoms with Gasteiger partial charge in [0.1, 0.15) is 5.82 Å². The number of hydrogen-bond donors (Lipinski definition) is 1. The Balaban J connectivity index is 1.58. The van der Waals surface area contributed by atoms with Gasteiger partial charge in [0.2, 0.25) is 0 Å². The number of benzene rings is 3. The molecule has 1 amide bonds. The van der Waals surface area contributed by atoms with Gasteiger partial charge in [-0.15, -0.1) is 11.8 Å². The molecule has 0 saturated heterocycles. The first-order valence-electron chi connectivity index (χ1n) is 8.89. The summed E-state index contributed by atoms with van der Waals surface area (Å²) >= 11 is 1.59. The topological polar surface area (TPSA) is 52.9 Å². The van der Waals surface area contributed by atoms with Crippen LogP contribution in [-0.4, -0.2) is 12.5 Å². The highest BCUT2D eigenvalue weighted by molar-refractivity contribution is 7.98. The van der Waals surface area contributed by atoms with E-state index in [-0.39, 0.29) is 11.7 Å². The van der Waals surface area contributed by atoms with Crippen LogP contribution in [0.1, 0.15) is 27.0 Å². The first kappa shape index (κ1) is 19.7. The Morgan fingerprint density at radius 1 is 0.964 bits per heavy atom. The lowest BCUT2D eigenvalue weighted by molar-refractivity contribution is 0.0951. The van der Waals surface area contributed by atoms with Crippen molar-refractivity contribution in [2.45, 2.75) is 17.1 Å². The highest BCUT2D eigenvalue weighted by Gasteiger charge is 2.11. The molecule has 3 nitrogen and oxygen atoms in total. The number of halogens is 1. The number of amides is 1. The van der Waals surface area contributed by atoms with E-state index in [1.807, 2.05) is 36.4 Å². The predicted octanol–water partition coefficient (Wildman–Crippen LogP) is 4.96. The molecular formula is C23H19FN2OS. The summed E-state index contributed by atoms with van der Waals surface area (Å²) < 4.78 is 12.9. The largest absolute Gasteiger partial charge is 0.352 e. The van der Waals surface area contributed by atoms with Crippen LogP contribution in [0.15, 0.2) is 77.7 Å². The molecule has 0 radical (unpaired) electrons. The molecule has 0 aliphatic rings. The van der Waals surface area contributed by atoms with Gasteiger partial charge in [0.15, 0.2) is 0 Å². The van der Waals surface area contributed by atoms with Crippen LogP contribution in [0.5, 0.6) is 0 Å². The molecule has 0 unspecified atom stereocenters. The van der Waals surface area contributed by atoms with Crippen molar-refractivity contribution >= 4 is 17.7 Å². The monoisotopic (exact) mass is 390 g/mol. The van der Waals surface area contributed by atoms with Crippen molar-refractivity contribution in [3.63, 3.8) is 0 Å². The highest BCUT2D eigenvalue weighted by atomic mass is 32.2. The third-order valence-corrected chi connectivity index (χ3v) is 5.37. The molecule has 0 atom stereocenters. The predicted molar refractivity (Wildman–Crippen MR) is 110 cm³/mol. The number of thioether (sulfide) groups is 1. The number of carbonyl (C=O) groups is 1. The van der Waals surface area contributed by atoms with Crippen molar-refractivity contribution in [2.24, 2.45) is 0 Å². The third kappa shape index (κ3) is 5.45. The molecule has 0 aliphatic carbocycles. The van der Waals surface area contributed by atoms with Gasteiger partial charge >= 0.3 is 0 Å². The Labute approximate surface area is 168 Å². The zero-order valence-electron chi connectivity index (χ0n) is 15.2. The fraction of sp³-hybridized carbons (Fsp3) is 0.130. The van der Waals surface area contributed by atoms with Crippen molar-refractivity contribution in [1.29, 1.82) is 5.26 Å². The first-order valence-corrected chi connectivity index (χ1v) is 9.88. The highest BCUT2D eigenvalue weighted by Crippen LogP contribution is 2.26. The third-order valence-electron chi connectivity index (χ3n) is 4.22. The molecule has 0 heterocycles. The summed E-state index contributed by atoms with van der Waals surface area (Å²) in [6, 6.07) is 23.4. The number of rotatable bonds is 7. The fourth-order valence-corrected chi connectivity index (χ4v) is 3.69. The summed E-state index contributed by atoms with van der Waals surface area (Å²) in [4.78, 5) is 13.5. The van der Waals surface area contributed by atoms with E-state index in [9.17, 15) is 9.18 Å². The minimum absolute atomic E-state index is 0.120. The molecule has 0 saturated carbocycles. The summed E-state index contributed by atoms with van der Waals surface area (Å²) in [5.41, 5.74) is 3.34. The SMILES string of the molecule is N#Cc1ccc(CSc2ccccc2C(=O)NCCc2ccc(F)cc2)cc1. The van der Waals surface area contributed by atoms with E-state index >= 15 is 0 Å². The normalized spacial score (nSPS) is 10.3. The number of carbonyl (C=O) groups excluding carboxylic acids is 1. The molecule has 0 aromatic heterocycles. The zero-order chi connectivity index (χ0) is 19.8. The summed E-state index contributed by atoms with van der Waals surface area (Å²) in [5.74, 6) is 0.331. The fourth-order valence-electron chi connectivity index (χ4n) is 2.68. The van der Waals surface area contributed by atoms with Crippen LogP contribution in [0.2, 0.25) is 0 Å². The molecule has 3 rings (SSSR count). The summed E-state index contributed by atoms with van der Waals surface area (Å²) in [7, 11) is 0. The van der Waals surface area contributed by atoms with Gasteiger partial charge in [-0.3, -0.25) is 4.79 Å². The molecule has 0 fully saturated rings. The molecule has 140 valence electrons. The van der Waals surface area contributed by atoms with Gasteiger partial charge in [-0.05, 0) is 53.9 Å². The van der Waals surface area contributed by atoms with Crippen LogP contribution >= 0.6 is 11.8 Å². The maximum Gasteiger partial charge on any atom is 0.252 e. The van der Waals surface area contributed by atoms with E-state index in [1.165, 1.54) is 12.1 Å². The minimum Gasteiger partial charge on any atom is -0.352 e. The second-order valence-electron chi connectivity index (χ2n) is 6.23. The van der Waals surface area contributed by atoms with Crippen LogP contribution in [0.25, 0.3) is 0 Å². The van der Waals surface area contributed by atoms with E-state index in [0.717, 1.165) is 16.0 Å². The second kappa shape index (κ2) is 9.72. The van der Waals surface area contributed by atoms with E-state index in [1.54, 1.807) is 36.0 Å². The first-order chi connectivity index (χ1) is 13.7. The number of nitrogens with one attached hydrogen (secondary N) is 1. The molecule has 3 aromatic carbocycles. The van der Waals surface area contributed by atoms with Gasteiger partial charge in [-0.25, -0.2) is 4.39 Å². The number of nitriles is 1. The molecule has 1 N–H and O–H groups in total. The average Bonchev–Trinajstić information content (AvgIpc) is 2.74. The molecule has 0 spiro atoms. The van der Waals surface area contributed by atoms with Crippen LogP contribution in [0.3, 0.4) is 0 Å². The van der Waals surface area contributed by atoms with E-state index < -0.39 is 0 Å². The minimum atomic E-state index is -0.263. The molecule has 3 aromatic rings. The van der Waals surface area contributed by atoms with Gasteiger partial charge in [-0.1, -0.05) is 36.4 Å². The average molecular weight is 390 g/mol. The van der Waals surface area contributed by atoms with Crippen molar-refractivity contribution in [3.8, 4) is 6.07 Å². The van der Waals surface area contributed by atoms with Crippen LogP contribution in [0, 0.1) is 17.1 Å². The summed E-state index contributed by atoms with van der Waals surface area (Å²) in [6.07, 6.45) is 0.645. The molecule has 5 heteroatoms. The number of hydrogen-bond acceptors (Lipinski definition) is 3. The van der Waals surface area contributed by atoms with Gasteiger partial charge in [-0.2, -0.15) is 5.26 Å². The zero-order valence-corrected chi connectivity index (χ0v) is 16.0. The van der Waals surface area contributed by atoms with Crippen molar-refractivity contribution in [3.05, 3.63) is 101 Å². The Hall–Kier alpha value is -3.10. The quantitative estimate of drug-likeness (QED) is 0.580. The van der Waals surface area contributed by atoms with E-state index in [0.29, 0.717) is 29.8 Å². The number of nitrogens with zero attached hydrogens (tertiary/aromatic N) is 1. The summed E-state index contributed by atoms with van der Waals surface area (Å²) in [6.45, 7) is 0.485. The Morgan fingerprint density at radius 2 is 1.64 bits per heavy atom. The Bertz CT molecular complexity index is 979. The lowest BCUT2D eigenvalue weighted by Crippen LogP contribution is -2.26. The summed E-state index contributed by atoms with van der Waals surface area (Å²) in [5, 5.41) is 11.8. The van der Waals surface area contributed by atoms with Gasteiger partial charge in [0, 0.05) is 17.2 Å². The second-order valence-corrected chi connectivity index (χ2v) is 7.24. The van der Waals surface area contributed by atoms with Gasteiger partial charge in [0.05, 0.1) is 17.2 Å². The standard InChI is InChI=1S/C23H19FN2OS/c24-20-11-9-17(10-12-20)13-14-26-23(27)21-3-1-2-4-22(21)28-16-19-7-5-18(15-25)6-8-19/h1-12H,13-14,16H2,(H,26,27). The Morgan fingerprint density at radius 3 is 2.36 bits per heavy atom. The van der Waals surface area contributed by atoms with Crippen LogP contribution in [0.4, 0.5) is 4.39 Å². The van der Waals surface area contributed by atoms with E-state index in [2.05, 4.69) is 11.4 Å². The Kier molecular flexibility index (Phi) is 6.83. The molecular weight excluding hydrogens is 371 g/mol. The van der Waals surface area contributed by atoms with Crippen molar-refractivity contribution in [2.75, 3.05) is 6.54 Å².